The fraction of sp³-hybridized carbons (Fsp3) is 0.600. The molecule has 1 saturated heterocycles. The molecule has 2 rings (SSSR count). The molecule has 0 radical (unpaired) electrons. The lowest BCUT2D eigenvalue weighted by molar-refractivity contribution is -0.132. The van der Waals surface area contributed by atoms with Crippen molar-refractivity contribution in [2.24, 2.45) is 0 Å². The van der Waals surface area contributed by atoms with Gasteiger partial charge in [0.15, 0.2) is 5.82 Å². The maximum absolute atomic E-state index is 11.9. The number of ether oxygens (including phenoxy) is 1. The zero-order valence-electron chi connectivity index (χ0n) is 10.6. The van der Waals surface area contributed by atoms with Crippen LogP contribution in [0.3, 0.4) is 0 Å². The summed E-state index contributed by atoms with van der Waals surface area (Å²) in [6.45, 7) is 3.03. The van der Waals surface area contributed by atoms with Gasteiger partial charge in [0.05, 0.1) is 13.3 Å². The maximum Gasteiger partial charge on any atom is 0.412 e. The number of anilines is 1. The van der Waals surface area contributed by atoms with Gasteiger partial charge in [-0.3, -0.25) is 10.1 Å². The van der Waals surface area contributed by atoms with Crippen LogP contribution in [0.5, 0.6) is 0 Å². The summed E-state index contributed by atoms with van der Waals surface area (Å²) in [7, 11) is 1.26. The summed E-state index contributed by atoms with van der Waals surface area (Å²) in [5.74, 6) is 0.210. The van der Waals surface area contributed by atoms with Gasteiger partial charge in [0.25, 0.3) is 0 Å². The molecule has 9 nitrogen and oxygen atoms in total. The summed E-state index contributed by atoms with van der Waals surface area (Å²) in [4.78, 5) is 25.9. The van der Waals surface area contributed by atoms with Crippen LogP contribution >= 0.6 is 0 Å². The molecule has 0 unspecified atom stereocenters. The van der Waals surface area contributed by atoms with Crippen LogP contribution in [0.2, 0.25) is 0 Å². The summed E-state index contributed by atoms with van der Waals surface area (Å²) >= 11 is 0. The third-order valence-corrected chi connectivity index (χ3v) is 2.70. The quantitative estimate of drug-likeness (QED) is 0.720. The van der Waals surface area contributed by atoms with E-state index in [2.05, 4.69) is 25.6 Å². The predicted octanol–water partition coefficient (Wildman–Crippen LogP) is -1.11. The molecule has 1 aromatic heterocycles. The van der Waals surface area contributed by atoms with E-state index in [1.807, 2.05) is 0 Å². The third-order valence-electron chi connectivity index (χ3n) is 2.70. The number of nitrogens with one attached hydrogen (secondary N) is 2. The fourth-order valence-electron chi connectivity index (χ4n) is 1.72. The van der Waals surface area contributed by atoms with Crippen molar-refractivity contribution in [1.82, 2.24) is 25.2 Å². The highest BCUT2D eigenvalue weighted by Gasteiger charge is 2.17. The largest absolute Gasteiger partial charge is 0.453 e. The summed E-state index contributed by atoms with van der Waals surface area (Å²) in [5, 5.41) is 13.4. The average molecular weight is 268 g/mol. The molecule has 19 heavy (non-hydrogen) atoms. The first-order valence-corrected chi connectivity index (χ1v) is 5.92. The second-order valence-corrected chi connectivity index (χ2v) is 4.01. The van der Waals surface area contributed by atoms with E-state index in [1.54, 1.807) is 4.90 Å². The van der Waals surface area contributed by atoms with Crippen LogP contribution in [0.15, 0.2) is 6.20 Å². The van der Waals surface area contributed by atoms with Crippen molar-refractivity contribution in [2.45, 2.75) is 6.54 Å². The molecule has 1 aliphatic rings. The molecule has 0 aliphatic carbocycles. The molecule has 1 aromatic rings. The van der Waals surface area contributed by atoms with E-state index in [1.165, 1.54) is 18.1 Å². The first-order chi connectivity index (χ1) is 9.19. The summed E-state index contributed by atoms with van der Waals surface area (Å²) in [6.07, 6.45) is 0.739. The van der Waals surface area contributed by atoms with E-state index in [9.17, 15) is 9.59 Å². The Balaban J connectivity index is 1.88. The number of carbonyl (C=O) groups is 2. The van der Waals surface area contributed by atoms with Crippen molar-refractivity contribution in [3.05, 3.63) is 6.20 Å². The molecule has 0 bridgehead atoms. The van der Waals surface area contributed by atoms with Crippen LogP contribution in [0.1, 0.15) is 0 Å². The number of methoxy groups -OCH3 is 1. The number of carbonyl (C=O) groups excluding carboxylic acids is 2. The Kier molecular flexibility index (Phi) is 4.29. The van der Waals surface area contributed by atoms with Crippen LogP contribution in [0.25, 0.3) is 0 Å². The van der Waals surface area contributed by atoms with E-state index >= 15 is 0 Å². The number of piperazine rings is 1. The smallest absolute Gasteiger partial charge is 0.412 e. The zero-order valence-corrected chi connectivity index (χ0v) is 10.6. The Bertz CT molecular complexity index is 454. The summed E-state index contributed by atoms with van der Waals surface area (Å²) in [6, 6.07) is 0. The molecule has 9 heteroatoms. The molecular formula is C10H16N6O3. The van der Waals surface area contributed by atoms with Crippen LogP contribution in [0, 0.1) is 0 Å². The normalized spacial score (nSPS) is 15.1. The number of rotatable bonds is 3. The monoisotopic (exact) mass is 268 g/mol. The molecule has 2 amide bonds. The molecular weight excluding hydrogens is 252 g/mol. The van der Waals surface area contributed by atoms with E-state index in [-0.39, 0.29) is 18.3 Å². The Labute approximate surface area is 109 Å². The summed E-state index contributed by atoms with van der Waals surface area (Å²) in [5.41, 5.74) is 0. The maximum atomic E-state index is 11.9. The van der Waals surface area contributed by atoms with Gasteiger partial charge in [-0.05, 0) is 0 Å². The minimum absolute atomic E-state index is 0.0401. The molecule has 0 aromatic carbocycles. The standard InChI is InChI=1S/C10H16N6O3/c1-19-10(18)13-8-6-12-16(14-8)7-9(17)15-4-2-11-3-5-15/h6,11H,2-5,7H2,1H3,(H,13,14,18). The van der Waals surface area contributed by atoms with Crippen molar-refractivity contribution in [2.75, 3.05) is 38.6 Å². The van der Waals surface area contributed by atoms with Gasteiger partial charge in [0.2, 0.25) is 5.91 Å². The lowest BCUT2D eigenvalue weighted by Crippen LogP contribution is -2.47. The molecule has 2 heterocycles. The number of hydrogen-bond acceptors (Lipinski definition) is 6. The minimum Gasteiger partial charge on any atom is -0.453 e. The lowest BCUT2D eigenvalue weighted by atomic mass is 10.3. The van der Waals surface area contributed by atoms with Crippen molar-refractivity contribution in [3.8, 4) is 0 Å². The van der Waals surface area contributed by atoms with Crippen LogP contribution in [-0.2, 0) is 16.1 Å². The Hall–Kier alpha value is -2.16. The fourth-order valence-corrected chi connectivity index (χ4v) is 1.72. The SMILES string of the molecule is COC(=O)Nc1cnn(CC(=O)N2CCNCC2)n1. The number of hydrogen-bond donors (Lipinski definition) is 2. The molecule has 2 N–H and O–H groups in total. The number of amides is 2. The second-order valence-electron chi connectivity index (χ2n) is 4.01. The van der Waals surface area contributed by atoms with Gasteiger partial charge in [-0.15, -0.1) is 5.10 Å². The Morgan fingerprint density at radius 3 is 2.89 bits per heavy atom. The number of nitrogens with zero attached hydrogens (tertiary/aromatic N) is 4. The molecule has 0 atom stereocenters. The van der Waals surface area contributed by atoms with Crippen molar-refractivity contribution >= 4 is 17.8 Å². The predicted molar refractivity (Wildman–Crippen MR) is 65.5 cm³/mol. The summed E-state index contributed by atoms with van der Waals surface area (Å²) < 4.78 is 4.43. The van der Waals surface area contributed by atoms with Crippen molar-refractivity contribution < 1.29 is 14.3 Å². The Morgan fingerprint density at radius 2 is 2.21 bits per heavy atom. The highest BCUT2D eigenvalue weighted by Crippen LogP contribution is 2.01. The average Bonchev–Trinajstić information content (AvgIpc) is 2.86. The molecule has 0 saturated carbocycles. The second kappa shape index (κ2) is 6.14. The first-order valence-electron chi connectivity index (χ1n) is 5.92. The van der Waals surface area contributed by atoms with Crippen LogP contribution in [0.4, 0.5) is 10.6 Å². The highest BCUT2D eigenvalue weighted by molar-refractivity contribution is 5.82. The lowest BCUT2D eigenvalue weighted by Gasteiger charge is -2.27. The van der Waals surface area contributed by atoms with Gasteiger partial charge < -0.3 is 15.0 Å². The zero-order chi connectivity index (χ0) is 13.7. The van der Waals surface area contributed by atoms with Crippen molar-refractivity contribution in [3.63, 3.8) is 0 Å². The third kappa shape index (κ3) is 3.65. The molecule has 1 fully saturated rings. The molecule has 1 aliphatic heterocycles. The molecule has 0 spiro atoms. The van der Waals surface area contributed by atoms with Gasteiger partial charge in [0.1, 0.15) is 6.54 Å². The van der Waals surface area contributed by atoms with Crippen LogP contribution < -0.4 is 10.6 Å². The van der Waals surface area contributed by atoms with Gasteiger partial charge in [-0.2, -0.15) is 9.90 Å². The first kappa shape index (κ1) is 13.3. The van der Waals surface area contributed by atoms with E-state index in [4.69, 9.17) is 0 Å². The van der Waals surface area contributed by atoms with Crippen molar-refractivity contribution in [1.29, 1.82) is 0 Å². The van der Waals surface area contributed by atoms with Gasteiger partial charge in [-0.25, -0.2) is 4.79 Å². The van der Waals surface area contributed by atoms with Gasteiger partial charge in [-0.1, -0.05) is 0 Å². The number of aromatic nitrogens is 3. The van der Waals surface area contributed by atoms with E-state index < -0.39 is 6.09 Å². The van der Waals surface area contributed by atoms with E-state index in [0.717, 1.165) is 13.1 Å². The van der Waals surface area contributed by atoms with Gasteiger partial charge >= 0.3 is 6.09 Å². The minimum atomic E-state index is -0.625. The van der Waals surface area contributed by atoms with E-state index in [0.29, 0.717) is 13.1 Å². The van der Waals surface area contributed by atoms with Gasteiger partial charge in [0, 0.05) is 26.2 Å². The van der Waals surface area contributed by atoms with Crippen LogP contribution in [-0.4, -0.2) is 65.2 Å². The Morgan fingerprint density at radius 1 is 1.47 bits per heavy atom. The highest BCUT2D eigenvalue weighted by atomic mass is 16.5. The topological polar surface area (TPSA) is 101 Å². The molecule has 104 valence electrons.